The number of rotatable bonds is 4. The monoisotopic (exact) mass is 304 g/mol. The third-order valence-corrected chi connectivity index (χ3v) is 3.92. The molecule has 0 aliphatic carbocycles. The highest BCUT2D eigenvalue weighted by Gasteiger charge is 2.16. The van der Waals surface area contributed by atoms with Gasteiger partial charge in [-0.05, 0) is 25.5 Å². The van der Waals surface area contributed by atoms with Crippen LogP contribution in [0.4, 0.5) is 0 Å². The van der Waals surface area contributed by atoms with E-state index in [4.69, 9.17) is 5.11 Å². The normalized spacial score (nSPS) is 11.6. The molecule has 21 heavy (non-hydrogen) atoms. The Bertz CT molecular complexity index is 667. The molecule has 0 spiro atoms. The summed E-state index contributed by atoms with van der Waals surface area (Å²) in [6.07, 6.45) is 1.84. The zero-order valence-electron chi connectivity index (χ0n) is 11.8. The quantitative estimate of drug-likeness (QED) is 0.745. The molecule has 110 valence electrons. The smallest absolute Gasteiger partial charge is 0.261 e. The van der Waals surface area contributed by atoms with Gasteiger partial charge >= 0.3 is 0 Å². The van der Waals surface area contributed by atoms with Gasteiger partial charge in [0.05, 0.1) is 22.4 Å². The standard InChI is InChI=1S/C14H16N4O2S/c1-9-7-12(21-11(9)5-3-4-6-19)14(20)17-10(2)13-15-8-16-18-13/h7-8,10,19H,4,6H2,1-2H3,(H,17,20)(H,15,16,18). The van der Waals surface area contributed by atoms with Crippen LogP contribution in [0, 0.1) is 18.8 Å². The molecule has 0 saturated heterocycles. The van der Waals surface area contributed by atoms with Gasteiger partial charge in [-0.15, -0.1) is 11.3 Å². The van der Waals surface area contributed by atoms with Crippen LogP contribution in [0.2, 0.25) is 0 Å². The van der Waals surface area contributed by atoms with Gasteiger partial charge in [0.25, 0.3) is 5.91 Å². The van der Waals surface area contributed by atoms with Crippen LogP contribution in [0.25, 0.3) is 0 Å². The zero-order valence-corrected chi connectivity index (χ0v) is 12.6. The van der Waals surface area contributed by atoms with Crippen molar-refractivity contribution in [1.82, 2.24) is 20.5 Å². The molecule has 1 atom stereocenters. The molecule has 3 N–H and O–H groups in total. The van der Waals surface area contributed by atoms with E-state index < -0.39 is 0 Å². The maximum Gasteiger partial charge on any atom is 0.261 e. The van der Waals surface area contributed by atoms with E-state index in [0.29, 0.717) is 17.1 Å². The van der Waals surface area contributed by atoms with Crippen LogP contribution in [-0.4, -0.2) is 32.8 Å². The number of thiophene rings is 1. The number of aromatic nitrogens is 3. The topological polar surface area (TPSA) is 90.9 Å². The highest BCUT2D eigenvalue weighted by molar-refractivity contribution is 7.14. The van der Waals surface area contributed by atoms with Crippen LogP contribution in [0.3, 0.4) is 0 Å². The van der Waals surface area contributed by atoms with Crippen LogP contribution in [0.15, 0.2) is 12.4 Å². The van der Waals surface area contributed by atoms with Gasteiger partial charge in [-0.2, -0.15) is 5.10 Å². The highest BCUT2D eigenvalue weighted by atomic mass is 32.1. The molecule has 0 aromatic carbocycles. The molecule has 0 aliphatic heterocycles. The van der Waals surface area contributed by atoms with Crippen molar-refractivity contribution in [2.45, 2.75) is 26.3 Å². The Morgan fingerprint density at radius 2 is 2.43 bits per heavy atom. The Hall–Kier alpha value is -2.17. The van der Waals surface area contributed by atoms with Gasteiger partial charge in [-0.3, -0.25) is 9.89 Å². The molecule has 0 radical (unpaired) electrons. The van der Waals surface area contributed by atoms with Crippen molar-refractivity contribution in [1.29, 1.82) is 0 Å². The summed E-state index contributed by atoms with van der Waals surface area (Å²) in [5.41, 5.74) is 0.961. The van der Waals surface area contributed by atoms with Crippen LogP contribution in [-0.2, 0) is 0 Å². The van der Waals surface area contributed by atoms with Gasteiger partial charge in [0.1, 0.15) is 12.2 Å². The van der Waals surface area contributed by atoms with Crippen LogP contribution in [0.5, 0.6) is 0 Å². The molecular weight excluding hydrogens is 288 g/mol. The van der Waals surface area contributed by atoms with Crippen molar-refractivity contribution >= 4 is 17.2 Å². The average molecular weight is 304 g/mol. The number of aryl methyl sites for hydroxylation is 1. The zero-order chi connectivity index (χ0) is 15.2. The first-order valence-corrected chi connectivity index (χ1v) is 7.29. The predicted molar refractivity (Wildman–Crippen MR) is 79.9 cm³/mol. The maximum absolute atomic E-state index is 12.2. The molecule has 0 bridgehead atoms. The van der Waals surface area contributed by atoms with Crippen LogP contribution in [0.1, 0.15) is 45.3 Å². The fraction of sp³-hybridized carbons (Fsp3) is 0.357. The van der Waals surface area contributed by atoms with Crippen molar-refractivity contribution in [3.05, 3.63) is 33.5 Å². The molecule has 2 heterocycles. The number of nitrogens with one attached hydrogen (secondary N) is 2. The molecule has 7 heteroatoms. The molecule has 2 aromatic heterocycles. The Balaban J connectivity index is 2.06. The van der Waals surface area contributed by atoms with E-state index in [1.165, 1.54) is 17.7 Å². The Labute approximate surface area is 126 Å². The van der Waals surface area contributed by atoms with Crippen molar-refractivity contribution in [2.24, 2.45) is 0 Å². The van der Waals surface area contributed by atoms with Crippen molar-refractivity contribution < 1.29 is 9.90 Å². The molecule has 6 nitrogen and oxygen atoms in total. The summed E-state index contributed by atoms with van der Waals surface area (Å²) >= 11 is 1.34. The fourth-order valence-corrected chi connectivity index (χ4v) is 2.63. The summed E-state index contributed by atoms with van der Waals surface area (Å²) in [6, 6.07) is 1.57. The number of hydrogen-bond acceptors (Lipinski definition) is 5. The molecule has 1 unspecified atom stereocenters. The second kappa shape index (κ2) is 7.02. The summed E-state index contributed by atoms with van der Waals surface area (Å²) in [5.74, 6) is 6.28. The minimum Gasteiger partial charge on any atom is -0.395 e. The Morgan fingerprint density at radius 3 is 3.10 bits per heavy atom. The van der Waals surface area contributed by atoms with E-state index >= 15 is 0 Å². The number of aromatic amines is 1. The summed E-state index contributed by atoms with van der Waals surface area (Å²) in [6.45, 7) is 3.79. The molecule has 2 rings (SSSR count). The van der Waals surface area contributed by atoms with E-state index in [1.807, 2.05) is 19.9 Å². The molecule has 1 amide bonds. The Kier molecular flexibility index (Phi) is 5.09. The summed E-state index contributed by atoms with van der Waals surface area (Å²) in [4.78, 5) is 17.7. The number of nitrogens with zero attached hydrogens (tertiary/aromatic N) is 2. The second-order valence-electron chi connectivity index (χ2n) is 4.46. The number of aliphatic hydroxyl groups is 1. The highest BCUT2D eigenvalue weighted by Crippen LogP contribution is 2.21. The SMILES string of the molecule is Cc1cc(C(=O)NC(C)c2ncn[nH]2)sc1C#CCCO. The lowest BCUT2D eigenvalue weighted by Crippen LogP contribution is -2.26. The van der Waals surface area contributed by atoms with Crippen molar-refractivity contribution in [2.75, 3.05) is 6.61 Å². The summed E-state index contributed by atoms with van der Waals surface area (Å²) in [7, 11) is 0. The van der Waals surface area contributed by atoms with E-state index in [2.05, 4.69) is 32.3 Å². The lowest BCUT2D eigenvalue weighted by molar-refractivity contribution is 0.0942. The number of H-pyrrole nitrogens is 1. The lowest BCUT2D eigenvalue weighted by Gasteiger charge is -2.09. The first kappa shape index (κ1) is 15.2. The van der Waals surface area contributed by atoms with E-state index in [0.717, 1.165) is 10.4 Å². The third-order valence-electron chi connectivity index (χ3n) is 2.77. The summed E-state index contributed by atoms with van der Waals surface area (Å²) in [5, 5.41) is 18.1. The molecule has 2 aromatic rings. The first-order valence-electron chi connectivity index (χ1n) is 6.48. The van der Waals surface area contributed by atoms with Crippen LogP contribution >= 0.6 is 11.3 Å². The molecular formula is C14H16N4O2S. The average Bonchev–Trinajstić information content (AvgIpc) is 3.09. The minimum absolute atomic E-state index is 0.0411. The fourth-order valence-electron chi connectivity index (χ4n) is 1.68. The van der Waals surface area contributed by atoms with Crippen LogP contribution < -0.4 is 5.32 Å². The van der Waals surface area contributed by atoms with Crippen molar-refractivity contribution in [3.63, 3.8) is 0 Å². The maximum atomic E-state index is 12.2. The van der Waals surface area contributed by atoms with Gasteiger partial charge in [0.15, 0.2) is 0 Å². The number of carbonyl (C=O) groups excluding carboxylic acids is 1. The predicted octanol–water partition coefficient (Wildman–Crippen LogP) is 1.40. The third kappa shape index (κ3) is 3.90. The first-order chi connectivity index (χ1) is 10.1. The van der Waals surface area contributed by atoms with Gasteiger partial charge < -0.3 is 10.4 Å². The number of aliphatic hydroxyl groups excluding tert-OH is 1. The largest absolute Gasteiger partial charge is 0.395 e. The van der Waals surface area contributed by atoms with E-state index in [9.17, 15) is 4.79 Å². The van der Waals surface area contributed by atoms with E-state index in [-0.39, 0.29) is 18.6 Å². The number of carbonyl (C=O) groups is 1. The second-order valence-corrected chi connectivity index (χ2v) is 5.52. The molecule has 0 fully saturated rings. The minimum atomic E-state index is -0.244. The number of amides is 1. The Morgan fingerprint density at radius 1 is 1.62 bits per heavy atom. The van der Waals surface area contributed by atoms with Gasteiger partial charge in [0.2, 0.25) is 0 Å². The number of hydrogen-bond donors (Lipinski definition) is 3. The summed E-state index contributed by atoms with van der Waals surface area (Å²) < 4.78 is 0. The lowest BCUT2D eigenvalue weighted by atomic mass is 10.2. The molecule has 0 aliphatic rings. The van der Waals surface area contributed by atoms with Gasteiger partial charge in [-0.1, -0.05) is 11.8 Å². The molecule has 0 saturated carbocycles. The van der Waals surface area contributed by atoms with Crippen molar-refractivity contribution in [3.8, 4) is 11.8 Å². The van der Waals surface area contributed by atoms with Gasteiger partial charge in [0, 0.05) is 6.42 Å². The van der Waals surface area contributed by atoms with Gasteiger partial charge in [-0.25, -0.2) is 4.98 Å². The van der Waals surface area contributed by atoms with E-state index in [1.54, 1.807) is 0 Å².